The number of nitrogens with one attached hydrogen (secondary N) is 1. The summed E-state index contributed by atoms with van der Waals surface area (Å²) in [6.45, 7) is 4.07. The van der Waals surface area contributed by atoms with Gasteiger partial charge in [0.05, 0.1) is 12.4 Å². The molecule has 0 radical (unpaired) electrons. The Morgan fingerprint density at radius 2 is 1.82 bits per heavy atom. The second-order valence-corrected chi connectivity index (χ2v) is 3.79. The summed E-state index contributed by atoms with van der Waals surface area (Å²) < 4.78 is 0. The lowest BCUT2D eigenvalue weighted by molar-refractivity contribution is 1.16. The topological polar surface area (TPSA) is 61.6 Å². The van der Waals surface area contributed by atoms with Gasteiger partial charge in [-0.1, -0.05) is 18.2 Å². The minimum Gasteiger partial charge on any atom is -0.339 e. The third-order valence-corrected chi connectivity index (χ3v) is 2.50. The Hall–Kier alpha value is -2.41. The predicted molar refractivity (Wildman–Crippen MR) is 65.9 cm³/mol. The van der Waals surface area contributed by atoms with Crippen molar-refractivity contribution >= 4 is 11.5 Å². The summed E-state index contributed by atoms with van der Waals surface area (Å²) in [4.78, 5) is 8.10. The van der Waals surface area contributed by atoms with Gasteiger partial charge < -0.3 is 5.32 Å². The number of hydrogen-bond donors (Lipinski definition) is 1. The Labute approximate surface area is 100.0 Å². The van der Waals surface area contributed by atoms with E-state index >= 15 is 0 Å². The van der Waals surface area contributed by atoms with E-state index in [4.69, 9.17) is 5.26 Å². The summed E-state index contributed by atoms with van der Waals surface area (Å²) in [5, 5.41) is 11.8. The van der Waals surface area contributed by atoms with Crippen LogP contribution in [0.4, 0.5) is 11.5 Å². The molecule has 1 heterocycles. The molecule has 4 heteroatoms. The van der Waals surface area contributed by atoms with E-state index in [0.717, 1.165) is 16.8 Å². The van der Waals surface area contributed by atoms with Gasteiger partial charge in [-0.15, -0.1) is 0 Å². The molecular formula is C13H12N4. The van der Waals surface area contributed by atoms with Gasteiger partial charge in [0.25, 0.3) is 0 Å². The molecule has 17 heavy (non-hydrogen) atoms. The zero-order chi connectivity index (χ0) is 12.3. The van der Waals surface area contributed by atoms with Crippen molar-refractivity contribution in [1.29, 1.82) is 5.26 Å². The van der Waals surface area contributed by atoms with Gasteiger partial charge in [-0.25, -0.2) is 9.97 Å². The summed E-state index contributed by atoms with van der Waals surface area (Å²) in [6, 6.07) is 8.02. The van der Waals surface area contributed by atoms with Crippen molar-refractivity contribution in [3.05, 3.63) is 47.4 Å². The van der Waals surface area contributed by atoms with Crippen molar-refractivity contribution < 1.29 is 0 Å². The van der Waals surface area contributed by atoms with E-state index in [2.05, 4.69) is 15.3 Å². The average molecular weight is 224 g/mol. The molecule has 2 aromatic rings. The Kier molecular flexibility index (Phi) is 3.01. The highest BCUT2D eigenvalue weighted by Gasteiger charge is 2.03. The first-order valence-electron chi connectivity index (χ1n) is 5.26. The van der Waals surface area contributed by atoms with Crippen molar-refractivity contribution in [2.24, 2.45) is 0 Å². The highest BCUT2D eigenvalue weighted by molar-refractivity contribution is 5.63. The molecule has 0 bridgehead atoms. The van der Waals surface area contributed by atoms with Crippen LogP contribution in [0.25, 0.3) is 0 Å². The van der Waals surface area contributed by atoms with Gasteiger partial charge in [0.2, 0.25) is 0 Å². The Morgan fingerprint density at radius 3 is 2.35 bits per heavy atom. The second kappa shape index (κ2) is 4.62. The highest BCUT2D eigenvalue weighted by atomic mass is 15.0. The molecule has 0 aliphatic carbocycles. The Balaban J connectivity index is 2.29. The van der Waals surface area contributed by atoms with Crippen molar-refractivity contribution in [3.63, 3.8) is 0 Å². The number of anilines is 2. The molecule has 0 amide bonds. The molecule has 1 aromatic carbocycles. The first kappa shape index (κ1) is 11.1. The summed E-state index contributed by atoms with van der Waals surface area (Å²) in [6.07, 6.45) is 3.01. The molecule has 0 unspecified atom stereocenters. The van der Waals surface area contributed by atoms with E-state index in [1.807, 2.05) is 38.1 Å². The summed E-state index contributed by atoms with van der Waals surface area (Å²) in [5.74, 6) is 0.640. The molecule has 0 fully saturated rings. The first-order chi connectivity index (χ1) is 8.20. The van der Waals surface area contributed by atoms with Crippen molar-refractivity contribution in [2.45, 2.75) is 13.8 Å². The van der Waals surface area contributed by atoms with Crippen molar-refractivity contribution in [2.75, 3.05) is 5.32 Å². The number of para-hydroxylation sites is 1. The van der Waals surface area contributed by atoms with Gasteiger partial charge in [0, 0.05) is 5.69 Å². The van der Waals surface area contributed by atoms with E-state index in [-0.39, 0.29) is 0 Å². The fraction of sp³-hybridized carbons (Fsp3) is 0.154. The zero-order valence-corrected chi connectivity index (χ0v) is 9.73. The van der Waals surface area contributed by atoms with Crippen molar-refractivity contribution in [1.82, 2.24) is 9.97 Å². The number of nitrogens with zero attached hydrogens (tertiary/aromatic N) is 3. The standard InChI is InChI=1S/C13H12N4/c1-9-4-3-5-10(2)13(9)17-12-8-15-11(6-14)7-16-12/h3-5,7-8H,1-2H3,(H,16,17). The maximum atomic E-state index is 8.63. The molecule has 1 aromatic heterocycles. The largest absolute Gasteiger partial charge is 0.339 e. The van der Waals surface area contributed by atoms with E-state index in [1.165, 1.54) is 6.20 Å². The lowest BCUT2D eigenvalue weighted by Gasteiger charge is -2.11. The van der Waals surface area contributed by atoms with Crippen LogP contribution in [0.2, 0.25) is 0 Å². The van der Waals surface area contributed by atoms with Gasteiger partial charge in [-0.2, -0.15) is 5.26 Å². The minimum absolute atomic E-state index is 0.317. The fourth-order valence-electron chi connectivity index (χ4n) is 1.59. The Morgan fingerprint density at radius 1 is 1.12 bits per heavy atom. The third kappa shape index (κ3) is 2.40. The molecule has 0 aliphatic heterocycles. The number of aryl methyl sites for hydroxylation is 2. The van der Waals surface area contributed by atoms with Crippen LogP contribution >= 0.6 is 0 Å². The van der Waals surface area contributed by atoms with E-state index in [1.54, 1.807) is 6.20 Å². The van der Waals surface area contributed by atoms with Gasteiger partial charge in [0.15, 0.2) is 5.69 Å². The molecule has 2 rings (SSSR count). The Bertz CT molecular complexity index is 547. The second-order valence-electron chi connectivity index (χ2n) is 3.79. The molecule has 0 saturated carbocycles. The predicted octanol–water partition coefficient (Wildman–Crippen LogP) is 2.71. The number of aromatic nitrogens is 2. The van der Waals surface area contributed by atoms with Crippen LogP contribution < -0.4 is 5.32 Å². The lowest BCUT2D eigenvalue weighted by atomic mass is 10.1. The van der Waals surface area contributed by atoms with Crippen LogP contribution in [0, 0.1) is 25.2 Å². The molecule has 4 nitrogen and oxygen atoms in total. The van der Waals surface area contributed by atoms with Crippen LogP contribution in [-0.2, 0) is 0 Å². The van der Waals surface area contributed by atoms with Gasteiger partial charge >= 0.3 is 0 Å². The maximum absolute atomic E-state index is 8.63. The van der Waals surface area contributed by atoms with Crippen molar-refractivity contribution in [3.8, 4) is 6.07 Å². The smallest absolute Gasteiger partial charge is 0.158 e. The quantitative estimate of drug-likeness (QED) is 0.851. The van der Waals surface area contributed by atoms with Crippen LogP contribution in [-0.4, -0.2) is 9.97 Å². The van der Waals surface area contributed by atoms with Gasteiger partial charge in [-0.05, 0) is 25.0 Å². The number of benzene rings is 1. The third-order valence-electron chi connectivity index (χ3n) is 2.50. The normalized spacial score (nSPS) is 9.71. The monoisotopic (exact) mass is 224 g/mol. The van der Waals surface area contributed by atoms with Gasteiger partial charge in [0.1, 0.15) is 11.9 Å². The van der Waals surface area contributed by atoms with E-state index in [9.17, 15) is 0 Å². The maximum Gasteiger partial charge on any atom is 0.158 e. The SMILES string of the molecule is Cc1cccc(C)c1Nc1cnc(C#N)cn1. The molecule has 0 atom stereocenters. The molecule has 0 spiro atoms. The lowest BCUT2D eigenvalue weighted by Crippen LogP contribution is -1.99. The number of nitriles is 1. The summed E-state index contributed by atoms with van der Waals surface area (Å²) in [5.41, 5.74) is 3.65. The fourth-order valence-corrected chi connectivity index (χ4v) is 1.59. The average Bonchev–Trinajstić information content (AvgIpc) is 2.35. The first-order valence-corrected chi connectivity index (χ1v) is 5.26. The number of rotatable bonds is 2. The zero-order valence-electron chi connectivity index (χ0n) is 9.73. The van der Waals surface area contributed by atoms with Crippen LogP contribution in [0.1, 0.15) is 16.8 Å². The number of hydrogen-bond acceptors (Lipinski definition) is 4. The summed E-state index contributed by atoms with van der Waals surface area (Å²) >= 11 is 0. The molecule has 0 aliphatic rings. The molecule has 84 valence electrons. The van der Waals surface area contributed by atoms with Crippen LogP contribution in [0.3, 0.4) is 0 Å². The molecule has 0 saturated heterocycles. The van der Waals surface area contributed by atoms with E-state index < -0.39 is 0 Å². The minimum atomic E-state index is 0.317. The van der Waals surface area contributed by atoms with Crippen LogP contribution in [0.5, 0.6) is 0 Å². The highest BCUT2D eigenvalue weighted by Crippen LogP contribution is 2.22. The van der Waals surface area contributed by atoms with Gasteiger partial charge in [-0.3, -0.25) is 0 Å². The summed E-state index contributed by atoms with van der Waals surface area (Å²) in [7, 11) is 0. The van der Waals surface area contributed by atoms with Crippen LogP contribution in [0.15, 0.2) is 30.6 Å². The molecular weight excluding hydrogens is 212 g/mol. The van der Waals surface area contributed by atoms with E-state index in [0.29, 0.717) is 11.5 Å². The molecule has 1 N–H and O–H groups in total.